The monoisotopic (exact) mass is 830 g/mol. The lowest BCUT2D eigenvalue weighted by Gasteiger charge is -2.17. The summed E-state index contributed by atoms with van der Waals surface area (Å²) in [5.74, 6) is -6.43. The van der Waals surface area contributed by atoms with E-state index in [1.165, 1.54) is 86.0 Å². The number of aryl methyl sites for hydroxylation is 1. The molecule has 0 aromatic heterocycles. The van der Waals surface area contributed by atoms with Crippen molar-refractivity contribution in [1.29, 1.82) is 5.26 Å². The number of carbonyl (C=O) groups excluding carboxylic acids is 5. The maximum atomic E-state index is 13.2. The molecule has 0 unspecified atom stereocenters. The molecule has 0 heterocycles. The van der Waals surface area contributed by atoms with E-state index in [0.29, 0.717) is 12.1 Å². The predicted octanol–water partition coefficient (Wildman–Crippen LogP) is 5.25. The number of aromatic carboxylic acids is 1. The van der Waals surface area contributed by atoms with Crippen molar-refractivity contribution < 1.29 is 58.7 Å². The SMILES string of the molecule is COc1c(NC(=O)c2ccc(NC(=O)c3ccc(NC(=O)[C@H](CC#N)NC(=O)c4ccc(NC(=O)CCc5ccc(O)cc5)cc4)cc3)c(OC)c2O)ccc(C(=O)O)c1O. The summed E-state index contributed by atoms with van der Waals surface area (Å²) in [6.45, 7) is 0. The smallest absolute Gasteiger partial charge is 0.339 e. The van der Waals surface area contributed by atoms with Crippen LogP contribution >= 0.6 is 0 Å². The lowest BCUT2D eigenvalue weighted by atomic mass is 10.1. The minimum Gasteiger partial charge on any atom is -0.508 e. The molecular formula is C43H38N6O12. The Morgan fingerprint density at radius 1 is 0.623 bits per heavy atom. The zero-order chi connectivity index (χ0) is 44.2. The van der Waals surface area contributed by atoms with Gasteiger partial charge in [0, 0.05) is 28.9 Å². The van der Waals surface area contributed by atoms with Crippen molar-refractivity contribution in [3.8, 4) is 34.8 Å². The van der Waals surface area contributed by atoms with Gasteiger partial charge in [0.15, 0.2) is 23.0 Å². The van der Waals surface area contributed by atoms with E-state index in [4.69, 9.17) is 9.47 Å². The number of carbonyl (C=O) groups is 6. The normalized spacial score (nSPS) is 10.9. The van der Waals surface area contributed by atoms with Gasteiger partial charge < -0.3 is 56.5 Å². The molecule has 5 rings (SSSR count). The van der Waals surface area contributed by atoms with Crippen LogP contribution in [0.5, 0.6) is 28.7 Å². The summed E-state index contributed by atoms with van der Waals surface area (Å²) in [4.78, 5) is 76.2. The predicted molar refractivity (Wildman–Crippen MR) is 220 cm³/mol. The van der Waals surface area contributed by atoms with Gasteiger partial charge >= 0.3 is 5.97 Å². The second kappa shape index (κ2) is 19.7. The molecule has 5 amide bonds. The number of carboxylic acids is 1. The van der Waals surface area contributed by atoms with Crippen molar-refractivity contribution in [3.63, 3.8) is 0 Å². The summed E-state index contributed by atoms with van der Waals surface area (Å²) in [7, 11) is 2.35. The number of rotatable bonds is 16. The number of carboxylic acid groups (broad SMARTS) is 1. The van der Waals surface area contributed by atoms with Crippen molar-refractivity contribution in [2.75, 3.05) is 35.5 Å². The Morgan fingerprint density at radius 3 is 1.67 bits per heavy atom. The summed E-state index contributed by atoms with van der Waals surface area (Å²) >= 11 is 0. The Hall–Kier alpha value is -8.59. The summed E-state index contributed by atoms with van der Waals surface area (Å²) in [6, 6.07) is 23.4. The fourth-order valence-corrected chi connectivity index (χ4v) is 5.82. The van der Waals surface area contributed by atoms with Crippen LogP contribution in [0.25, 0.3) is 0 Å². The molecule has 18 nitrogen and oxygen atoms in total. The van der Waals surface area contributed by atoms with Crippen LogP contribution < -0.4 is 36.1 Å². The third-order valence-corrected chi connectivity index (χ3v) is 8.98. The average molecular weight is 831 g/mol. The summed E-state index contributed by atoms with van der Waals surface area (Å²) in [5.41, 5.74) is 0.956. The highest BCUT2D eigenvalue weighted by molar-refractivity contribution is 6.10. The number of benzene rings is 5. The van der Waals surface area contributed by atoms with Gasteiger partial charge in [-0.3, -0.25) is 24.0 Å². The molecule has 5 aromatic rings. The van der Waals surface area contributed by atoms with E-state index in [0.717, 1.165) is 18.7 Å². The number of hydrogen-bond donors (Lipinski definition) is 9. The van der Waals surface area contributed by atoms with Gasteiger partial charge in [0.25, 0.3) is 17.7 Å². The maximum absolute atomic E-state index is 13.2. The number of nitrogens with one attached hydrogen (secondary N) is 5. The van der Waals surface area contributed by atoms with Crippen LogP contribution in [0.15, 0.2) is 97.1 Å². The van der Waals surface area contributed by atoms with E-state index >= 15 is 0 Å². The molecule has 0 saturated carbocycles. The summed E-state index contributed by atoms with van der Waals surface area (Å²) < 4.78 is 10.3. The number of aromatic hydroxyl groups is 3. The average Bonchev–Trinajstić information content (AvgIpc) is 3.23. The van der Waals surface area contributed by atoms with Gasteiger partial charge in [0.1, 0.15) is 17.4 Å². The largest absolute Gasteiger partial charge is 0.508 e. The highest BCUT2D eigenvalue weighted by Gasteiger charge is 2.25. The maximum Gasteiger partial charge on any atom is 0.339 e. The molecule has 9 N–H and O–H groups in total. The zero-order valence-corrected chi connectivity index (χ0v) is 32.4. The second-order valence-electron chi connectivity index (χ2n) is 13.0. The minimum atomic E-state index is -1.43. The number of nitrogens with zero attached hydrogens (tertiary/aromatic N) is 1. The molecule has 0 spiro atoms. The molecule has 0 fully saturated rings. The molecule has 18 heteroatoms. The number of nitriles is 1. The Kier molecular flexibility index (Phi) is 14.1. The van der Waals surface area contributed by atoms with Crippen LogP contribution in [0, 0.1) is 11.3 Å². The van der Waals surface area contributed by atoms with E-state index < -0.39 is 52.7 Å². The number of methoxy groups -OCH3 is 2. The fraction of sp³-hybridized carbons (Fsp3) is 0.140. The highest BCUT2D eigenvalue weighted by atomic mass is 16.5. The number of amides is 5. The number of anilines is 4. The van der Waals surface area contributed by atoms with E-state index in [2.05, 4.69) is 26.6 Å². The molecule has 61 heavy (non-hydrogen) atoms. The molecule has 0 aliphatic carbocycles. The number of phenols is 3. The fourth-order valence-electron chi connectivity index (χ4n) is 5.82. The second-order valence-corrected chi connectivity index (χ2v) is 13.0. The van der Waals surface area contributed by atoms with Gasteiger partial charge in [0.05, 0.1) is 43.6 Å². The van der Waals surface area contributed by atoms with Crippen LogP contribution in [0.3, 0.4) is 0 Å². The van der Waals surface area contributed by atoms with Gasteiger partial charge in [-0.25, -0.2) is 4.79 Å². The molecule has 0 radical (unpaired) electrons. The van der Waals surface area contributed by atoms with Crippen LogP contribution in [-0.2, 0) is 16.0 Å². The van der Waals surface area contributed by atoms with Crippen LogP contribution in [0.2, 0.25) is 0 Å². The molecule has 1 atom stereocenters. The minimum absolute atomic E-state index is 0.0172. The molecular weight excluding hydrogens is 793 g/mol. The first-order chi connectivity index (χ1) is 29.2. The van der Waals surface area contributed by atoms with Crippen molar-refractivity contribution in [3.05, 3.63) is 125 Å². The summed E-state index contributed by atoms with van der Waals surface area (Å²) in [5, 5.41) is 62.1. The highest BCUT2D eigenvalue weighted by Crippen LogP contribution is 2.40. The van der Waals surface area contributed by atoms with Gasteiger partial charge in [-0.05, 0) is 96.9 Å². The van der Waals surface area contributed by atoms with Crippen LogP contribution in [-0.4, -0.2) is 76.2 Å². The van der Waals surface area contributed by atoms with Crippen molar-refractivity contribution in [1.82, 2.24) is 5.32 Å². The Labute approximate surface area is 347 Å². The van der Waals surface area contributed by atoms with Gasteiger partial charge in [0.2, 0.25) is 11.8 Å². The van der Waals surface area contributed by atoms with E-state index in [-0.39, 0.29) is 69.7 Å². The van der Waals surface area contributed by atoms with Crippen LogP contribution in [0.1, 0.15) is 59.8 Å². The number of phenolic OH excluding ortho intramolecular Hbond substituents is 2. The topological polar surface area (TPSA) is 286 Å². The van der Waals surface area contributed by atoms with Crippen molar-refractivity contribution >= 4 is 58.3 Å². The Morgan fingerprint density at radius 2 is 1.13 bits per heavy atom. The lowest BCUT2D eigenvalue weighted by molar-refractivity contribution is -0.118. The first kappa shape index (κ1) is 43.5. The quantitative estimate of drug-likeness (QED) is 0.0615. The van der Waals surface area contributed by atoms with Gasteiger partial charge in [-0.15, -0.1) is 0 Å². The lowest BCUT2D eigenvalue weighted by Crippen LogP contribution is -2.43. The van der Waals surface area contributed by atoms with Gasteiger partial charge in [-0.1, -0.05) is 12.1 Å². The first-order valence-corrected chi connectivity index (χ1v) is 18.1. The van der Waals surface area contributed by atoms with Crippen LogP contribution in [0.4, 0.5) is 22.7 Å². The van der Waals surface area contributed by atoms with Crippen molar-refractivity contribution in [2.45, 2.75) is 25.3 Å². The van der Waals surface area contributed by atoms with Crippen molar-refractivity contribution in [2.24, 2.45) is 0 Å². The molecule has 0 aliphatic heterocycles. The Balaban J connectivity index is 1.16. The van der Waals surface area contributed by atoms with E-state index in [1.807, 2.05) is 6.07 Å². The van der Waals surface area contributed by atoms with E-state index in [9.17, 15) is 54.5 Å². The standard InChI is InChI=1S/C43H38N6O12/c1-60-37-31(18-16-29(35(37)52)41(56)48-32-19-17-30(43(58)59)36(53)38(32)61-2)47-39(54)24-8-12-27(13-9-24)46-42(57)33(21-22-44)49-40(55)25-6-10-26(11-7-25)45-34(51)20-5-23-3-14-28(50)15-4-23/h3-4,6-19,33,50,52-53H,5,20-21H2,1-2H3,(H,45,51)(H,46,57)(H,47,54)(H,48,56)(H,49,55)(H,58,59)/t33-/m0/s1. The number of ether oxygens (including phenoxy) is 2. The first-order valence-electron chi connectivity index (χ1n) is 18.1. The molecule has 312 valence electrons. The number of hydrogen-bond acceptors (Lipinski definition) is 12. The Bertz CT molecular complexity index is 2520. The molecule has 5 aromatic carbocycles. The summed E-state index contributed by atoms with van der Waals surface area (Å²) in [6.07, 6.45) is 0.289. The third kappa shape index (κ3) is 10.9. The molecule has 0 aliphatic rings. The van der Waals surface area contributed by atoms with Gasteiger partial charge in [-0.2, -0.15) is 5.26 Å². The molecule has 0 saturated heterocycles. The molecule has 0 bridgehead atoms. The zero-order valence-electron chi connectivity index (χ0n) is 32.4. The van der Waals surface area contributed by atoms with E-state index in [1.54, 1.807) is 12.1 Å². The third-order valence-electron chi connectivity index (χ3n) is 8.98.